The SMILES string of the molecule is CCOC(=O)/C(N=Nc1ccccc1N[N+](=O)[O-])=C(\C)O. The van der Waals surface area contributed by atoms with Crippen molar-refractivity contribution in [3.05, 3.63) is 45.8 Å². The lowest BCUT2D eigenvalue weighted by molar-refractivity contribution is -0.445. The van der Waals surface area contributed by atoms with E-state index in [-0.39, 0.29) is 29.4 Å². The predicted octanol–water partition coefficient (Wildman–Crippen LogP) is 2.73. The Hall–Kier alpha value is -2.97. The Bertz CT molecular complexity index is 593. The molecule has 9 heteroatoms. The maximum absolute atomic E-state index is 11.6. The zero-order chi connectivity index (χ0) is 15.8. The second kappa shape index (κ2) is 7.58. The number of carbonyl (C=O) groups is 1. The number of carbonyl (C=O) groups excluding carboxylic acids is 1. The molecule has 0 aliphatic carbocycles. The summed E-state index contributed by atoms with van der Waals surface area (Å²) in [5.41, 5.74) is 1.82. The highest BCUT2D eigenvalue weighted by atomic mass is 16.7. The zero-order valence-corrected chi connectivity index (χ0v) is 11.4. The van der Waals surface area contributed by atoms with Crippen molar-refractivity contribution in [2.75, 3.05) is 12.0 Å². The molecule has 0 saturated heterocycles. The van der Waals surface area contributed by atoms with Crippen LogP contribution in [-0.2, 0) is 9.53 Å². The number of aliphatic hydroxyl groups is 1. The van der Waals surface area contributed by atoms with Gasteiger partial charge in [0.15, 0.2) is 5.03 Å². The highest BCUT2D eigenvalue weighted by Crippen LogP contribution is 2.25. The molecule has 112 valence electrons. The molecule has 2 N–H and O–H groups in total. The third-order valence-corrected chi connectivity index (χ3v) is 2.19. The van der Waals surface area contributed by atoms with Crippen molar-refractivity contribution in [2.45, 2.75) is 13.8 Å². The molecule has 1 aromatic rings. The average molecular weight is 294 g/mol. The number of benzene rings is 1. The molecule has 0 aliphatic rings. The molecule has 0 saturated carbocycles. The quantitative estimate of drug-likeness (QED) is 0.207. The van der Waals surface area contributed by atoms with Crippen molar-refractivity contribution in [3.63, 3.8) is 0 Å². The Labute approximate surface area is 120 Å². The maximum Gasteiger partial charge on any atom is 0.362 e. The van der Waals surface area contributed by atoms with Crippen LogP contribution in [0.2, 0.25) is 0 Å². The van der Waals surface area contributed by atoms with Crippen molar-refractivity contribution in [2.24, 2.45) is 10.2 Å². The van der Waals surface area contributed by atoms with E-state index in [9.17, 15) is 20.0 Å². The van der Waals surface area contributed by atoms with Crippen molar-refractivity contribution in [1.82, 2.24) is 0 Å². The van der Waals surface area contributed by atoms with E-state index in [1.165, 1.54) is 19.1 Å². The molecule has 1 aromatic carbocycles. The van der Waals surface area contributed by atoms with E-state index < -0.39 is 11.0 Å². The van der Waals surface area contributed by atoms with Crippen LogP contribution in [0.4, 0.5) is 11.4 Å². The summed E-state index contributed by atoms with van der Waals surface area (Å²) in [5, 5.41) is 26.4. The van der Waals surface area contributed by atoms with Crippen LogP contribution < -0.4 is 5.43 Å². The van der Waals surface area contributed by atoms with Gasteiger partial charge in [-0.05, 0) is 26.0 Å². The van der Waals surface area contributed by atoms with Crippen LogP contribution in [0.5, 0.6) is 0 Å². The number of azo groups is 1. The summed E-state index contributed by atoms with van der Waals surface area (Å²) in [6.07, 6.45) is 0. The van der Waals surface area contributed by atoms with Crippen LogP contribution in [0.25, 0.3) is 0 Å². The van der Waals surface area contributed by atoms with Crippen molar-refractivity contribution < 1.29 is 19.7 Å². The first kappa shape index (κ1) is 16.1. The number of aliphatic hydroxyl groups excluding tert-OH is 1. The van der Waals surface area contributed by atoms with Gasteiger partial charge in [-0.2, -0.15) is 0 Å². The molecular formula is C12H14N4O5. The fraction of sp³-hybridized carbons (Fsp3) is 0.250. The lowest BCUT2D eigenvalue weighted by atomic mass is 10.3. The van der Waals surface area contributed by atoms with Crippen LogP contribution in [0.1, 0.15) is 13.8 Å². The lowest BCUT2D eigenvalue weighted by Gasteiger charge is -2.03. The molecular weight excluding hydrogens is 280 g/mol. The Morgan fingerprint density at radius 2 is 2.14 bits per heavy atom. The summed E-state index contributed by atoms with van der Waals surface area (Å²) in [5.74, 6) is -1.20. The van der Waals surface area contributed by atoms with E-state index >= 15 is 0 Å². The Morgan fingerprint density at radius 3 is 2.71 bits per heavy atom. The van der Waals surface area contributed by atoms with Gasteiger partial charge in [0.25, 0.3) is 0 Å². The van der Waals surface area contributed by atoms with Crippen LogP contribution in [0.3, 0.4) is 0 Å². The number of ether oxygens (including phenoxy) is 1. The van der Waals surface area contributed by atoms with Crippen molar-refractivity contribution >= 4 is 17.3 Å². The largest absolute Gasteiger partial charge is 0.510 e. The van der Waals surface area contributed by atoms with Crippen LogP contribution in [0.15, 0.2) is 46.0 Å². The Morgan fingerprint density at radius 1 is 1.48 bits per heavy atom. The first-order valence-corrected chi connectivity index (χ1v) is 5.94. The van der Waals surface area contributed by atoms with Gasteiger partial charge in [-0.3, -0.25) is 0 Å². The fourth-order valence-corrected chi connectivity index (χ4v) is 1.32. The van der Waals surface area contributed by atoms with Gasteiger partial charge in [-0.15, -0.1) is 15.7 Å². The second-order valence-electron chi connectivity index (χ2n) is 3.74. The van der Waals surface area contributed by atoms with Gasteiger partial charge >= 0.3 is 5.97 Å². The average Bonchev–Trinajstić information content (AvgIpc) is 2.40. The predicted molar refractivity (Wildman–Crippen MR) is 73.5 cm³/mol. The summed E-state index contributed by atoms with van der Waals surface area (Å²) < 4.78 is 4.71. The molecule has 0 spiro atoms. The first-order chi connectivity index (χ1) is 9.95. The maximum atomic E-state index is 11.6. The van der Waals surface area contributed by atoms with E-state index in [1.807, 2.05) is 5.43 Å². The summed E-state index contributed by atoms with van der Waals surface area (Å²) in [6, 6.07) is 6.06. The summed E-state index contributed by atoms with van der Waals surface area (Å²) in [6.45, 7) is 2.98. The van der Waals surface area contributed by atoms with Crippen molar-refractivity contribution in [3.8, 4) is 0 Å². The van der Waals surface area contributed by atoms with Gasteiger partial charge in [0.1, 0.15) is 17.1 Å². The van der Waals surface area contributed by atoms with E-state index in [2.05, 4.69) is 10.2 Å². The number of allylic oxidation sites excluding steroid dienone is 1. The molecule has 0 unspecified atom stereocenters. The molecule has 0 aromatic heterocycles. The minimum atomic E-state index is -0.832. The second-order valence-corrected chi connectivity index (χ2v) is 3.74. The normalized spacial score (nSPS) is 11.9. The summed E-state index contributed by atoms with van der Waals surface area (Å²) in [4.78, 5) is 22.0. The van der Waals surface area contributed by atoms with Crippen molar-refractivity contribution in [1.29, 1.82) is 0 Å². The standard InChI is InChI=1S/C12H14N4O5/c1-3-21-12(18)11(8(2)17)14-13-9-6-4-5-7-10(9)15-16(19)20/h4-7,15,17H,3H2,1-2H3/b11-8-,14-13?. The third kappa shape index (κ3) is 4.90. The van der Waals surface area contributed by atoms with Gasteiger partial charge in [0.05, 0.1) is 6.61 Å². The molecule has 21 heavy (non-hydrogen) atoms. The van der Waals surface area contributed by atoms with E-state index in [1.54, 1.807) is 19.1 Å². The van der Waals surface area contributed by atoms with Crippen LogP contribution in [0, 0.1) is 10.1 Å². The minimum Gasteiger partial charge on any atom is -0.510 e. The molecule has 1 rings (SSSR count). The zero-order valence-electron chi connectivity index (χ0n) is 11.4. The number of anilines is 1. The monoisotopic (exact) mass is 294 g/mol. The number of rotatable bonds is 6. The number of nitrogens with one attached hydrogen (secondary N) is 1. The number of hydrazine groups is 1. The van der Waals surface area contributed by atoms with E-state index in [0.29, 0.717) is 0 Å². The number of esters is 1. The molecule has 0 bridgehead atoms. The van der Waals surface area contributed by atoms with Crippen LogP contribution in [-0.4, -0.2) is 22.7 Å². The highest BCUT2D eigenvalue weighted by molar-refractivity contribution is 5.88. The first-order valence-electron chi connectivity index (χ1n) is 5.94. The topological polar surface area (TPSA) is 126 Å². The third-order valence-electron chi connectivity index (χ3n) is 2.19. The molecule has 0 fully saturated rings. The summed E-state index contributed by atoms with van der Waals surface area (Å²) >= 11 is 0. The summed E-state index contributed by atoms with van der Waals surface area (Å²) in [7, 11) is 0. The smallest absolute Gasteiger partial charge is 0.362 e. The van der Waals surface area contributed by atoms with E-state index in [4.69, 9.17) is 4.74 Å². The van der Waals surface area contributed by atoms with Gasteiger partial charge in [-0.25, -0.2) is 14.9 Å². The number of nitro groups is 1. The lowest BCUT2D eigenvalue weighted by Crippen LogP contribution is -2.08. The number of para-hydroxylation sites is 1. The molecule has 0 atom stereocenters. The molecule has 0 aliphatic heterocycles. The molecule has 0 heterocycles. The molecule has 0 amide bonds. The van der Waals surface area contributed by atoms with Gasteiger partial charge in [0.2, 0.25) is 5.70 Å². The number of nitrogens with zero attached hydrogens (tertiary/aromatic N) is 3. The Balaban J connectivity index is 3.05. The highest BCUT2D eigenvalue weighted by Gasteiger charge is 2.14. The Kier molecular flexibility index (Phi) is 5.80. The molecule has 9 nitrogen and oxygen atoms in total. The number of hydrogen-bond acceptors (Lipinski definition) is 7. The fourth-order valence-electron chi connectivity index (χ4n) is 1.32. The molecule has 0 radical (unpaired) electrons. The van der Waals surface area contributed by atoms with Gasteiger partial charge in [0, 0.05) is 0 Å². The number of hydrogen-bond donors (Lipinski definition) is 2. The minimum absolute atomic E-state index is 0.102. The van der Waals surface area contributed by atoms with Gasteiger partial charge in [-0.1, -0.05) is 12.1 Å². The van der Waals surface area contributed by atoms with Crippen LogP contribution >= 0.6 is 0 Å². The van der Waals surface area contributed by atoms with E-state index in [0.717, 1.165) is 0 Å². The van der Waals surface area contributed by atoms with Gasteiger partial charge < -0.3 is 9.84 Å².